The minimum Gasteiger partial charge on any atom is -0.468 e. The summed E-state index contributed by atoms with van der Waals surface area (Å²) in [4.78, 5) is 10.8. The molecule has 3 aromatic rings. The molecule has 1 atom stereocenters. The van der Waals surface area contributed by atoms with Crippen LogP contribution in [0.2, 0.25) is 0 Å². The quantitative estimate of drug-likeness (QED) is 0.419. The number of rotatable bonds is 7. The van der Waals surface area contributed by atoms with E-state index in [-0.39, 0.29) is 6.04 Å². The van der Waals surface area contributed by atoms with Gasteiger partial charge in [0.2, 0.25) is 0 Å². The summed E-state index contributed by atoms with van der Waals surface area (Å²) in [6, 6.07) is 14.8. The van der Waals surface area contributed by atoms with E-state index in [2.05, 4.69) is 57.8 Å². The third-order valence-corrected chi connectivity index (χ3v) is 5.50. The molecule has 0 amide bonds. The Morgan fingerprint density at radius 1 is 1.14 bits per heavy atom. The van der Waals surface area contributed by atoms with Crippen molar-refractivity contribution in [2.75, 3.05) is 26.2 Å². The van der Waals surface area contributed by atoms with Crippen molar-refractivity contribution < 1.29 is 4.42 Å². The first-order chi connectivity index (χ1) is 14.3. The van der Waals surface area contributed by atoms with Crippen LogP contribution in [0.3, 0.4) is 0 Å². The topological polar surface area (TPSA) is 68.6 Å². The van der Waals surface area contributed by atoms with Gasteiger partial charge in [0.05, 0.1) is 18.8 Å². The molecule has 0 bridgehead atoms. The smallest absolute Gasteiger partial charge is 0.191 e. The van der Waals surface area contributed by atoms with E-state index in [9.17, 15) is 0 Å². The summed E-state index contributed by atoms with van der Waals surface area (Å²) in [5.74, 6) is 1.85. The van der Waals surface area contributed by atoms with Gasteiger partial charge in [0, 0.05) is 24.3 Å². The van der Waals surface area contributed by atoms with Crippen LogP contribution in [-0.2, 0) is 6.54 Å². The first kappa shape index (κ1) is 19.6. The van der Waals surface area contributed by atoms with Gasteiger partial charge in [-0.1, -0.05) is 24.6 Å². The number of guanidine groups is 1. The van der Waals surface area contributed by atoms with E-state index in [1.807, 2.05) is 12.1 Å². The molecule has 0 saturated carbocycles. The number of nitrogens with zero attached hydrogens (tertiary/aromatic N) is 2. The number of hydrogen-bond donors (Lipinski definition) is 3. The maximum atomic E-state index is 5.76. The summed E-state index contributed by atoms with van der Waals surface area (Å²) < 4.78 is 5.76. The second kappa shape index (κ2) is 9.65. The van der Waals surface area contributed by atoms with Crippen molar-refractivity contribution in [2.45, 2.75) is 38.8 Å². The molecule has 1 aliphatic heterocycles. The lowest BCUT2D eigenvalue weighted by molar-refractivity contribution is 0.146. The average molecular weight is 394 g/mol. The van der Waals surface area contributed by atoms with Crippen LogP contribution in [0.5, 0.6) is 0 Å². The van der Waals surface area contributed by atoms with E-state index in [1.54, 1.807) is 6.26 Å². The number of H-pyrrole nitrogens is 1. The maximum absolute atomic E-state index is 5.76. The van der Waals surface area contributed by atoms with Crippen LogP contribution in [-0.4, -0.2) is 42.0 Å². The molecule has 1 saturated heterocycles. The van der Waals surface area contributed by atoms with Crippen LogP contribution >= 0.6 is 0 Å². The van der Waals surface area contributed by atoms with Gasteiger partial charge in [-0.2, -0.15) is 0 Å². The van der Waals surface area contributed by atoms with Crippen LogP contribution in [0, 0.1) is 0 Å². The Morgan fingerprint density at radius 2 is 2.00 bits per heavy atom. The number of piperidine rings is 1. The number of para-hydroxylation sites is 1. The molecule has 6 nitrogen and oxygen atoms in total. The first-order valence-electron chi connectivity index (χ1n) is 10.7. The number of fused-ring (bicyclic) bond motifs is 1. The van der Waals surface area contributed by atoms with Gasteiger partial charge < -0.3 is 20.0 Å². The fraction of sp³-hybridized carbons (Fsp3) is 0.435. The Bertz CT molecular complexity index is 875. The summed E-state index contributed by atoms with van der Waals surface area (Å²) >= 11 is 0. The molecule has 0 radical (unpaired) electrons. The SMILES string of the molecule is CCNC(=NCc1cc2ccccc2[nH]1)NCC(c1ccco1)N1CCCCC1. The fourth-order valence-corrected chi connectivity index (χ4v) is 4.04. The maximum Gasteiger partial charge on any atom is 0.191 e. The number of furan rings is 1. The molecular formula is C23H31N5O. The summed E-state index contributed by atoms with van der Waals surface area (Å²) in [5.41, 5.74) is 2.26. The van der Waals surface area contributed by atoms with Gasteiger partial charge in [0.1, 0.15) is 5.76 Å². The van der Waals surface area contributed by atoms with Gasteiger partial charge in [0.25, 0.3) is 0 Å². The van der Waals surface area contributed by atoms with Crippen molar-refractivity contribution in [3.05, 3.63) is 60.2 Å². The zero-order valence-electron chi connectivity index (χ0n) is 17.2. The van der Waals surface area contributed by atoms with Crippen molar-refractivity contribution >= 4 is 16.9 Å². The van der Waals surface area contributed by atoms with E-state index < -0.39 is 0 Å². The second-order valence-electron chi connectivity index (χ2n) is 7.59. The Labute approximate surface area is 172 Å². The molecule has 2 aromatic heterocycles. The minimum absolute atomic E-state index is 0.224. The Hall–Kier alpha value is -2.73. The summed E-state index contributed by atoms with van der Waals surface area (Å²) in [6.07, 6.45) is 5.60. The zero-order valence-corrected chi connectivity index (χ0v) is 17.2. The number of aromatic amines is 1. The standard InChI is InChI=1S/C23H31N5O/c1-2-24-23(25-16-19-15-18-9-4-5-10-20(18)27-19)26-17-21(22-11-8-14-29-22)28-12-6-3-7-13-28/h4-5,8-11,14-15,21,27H,2-3,6-7,12-13,16-17H2,1H3,(H2,24,25,26). The predicted molar refractivity (Wildman–Crippen MR) is 118 cm³/mol. The number of aromatic nitrogens is 1. The van der Waals surface area contributed by atoms with E-state index in [0.29, 0.717) is 6.54 Å². The van der Waals surface area contributed by atoms with Crippen molar-refractivity contribution in [3.63, 3.8) is 0 Å². The lowest BCUT2D eigenvalue weighted by atomic mass is 10.1. The van der Waals surface area contributed by atoms with E-state index in [1.165, 1.54) is 24.6 Å². The Balaban J connectivity index is 1.43. The third-order valence-electron chi connectivity index (χ3n) is 5.50. The molecule has 1 aliphatic rings. The third kappa shape index (κ3) is 5.01. The molecule has 1 unspecified atom stereocenters. The van der Waals surface area contributed by atoms with Gasteiger partial charge >= 0.3 is 0 Å². The molecule has 0 aliphatic carbocycles. The molecule has 0 spiro atoms. The Kier molecular flexibility index (Phi) is 6.52. The van der Waals surface area contributed by atoms with Gasteiger partial charge in [-0.3, -0.25) is 4.90 Å². The predicted octanol–water partition coefficient (Wildman–Crippen LogP) is 4.04. The van der Waals surface area contributed by atoms with Gasteiger partial charge in [-0.15, -0.1) is 0 Å². The summed E-state index contributed by atoms with van der Waals surface area (Å²) in [6.45, 7) is 6.54. The highest BCUT2D eigenvalue weighted by Crippen LogP contribution is 2.24. The van der Waals surface area contributed by atoms with Crippen LogP contribution < -0.4 is 10.6 Å². The fourth-order valence-electron chi connectivity index (χ4n) is 4.04. The molecular weight excluding hydrogens is 362 g/mol. The normalized spacial score (nSPS) is 16.8. The molecule has 1 aromatic carbocycles. The van der Waals surface area contributed by atoms with Crippen molar-refractivity contribution in [3.8, 4) is 0 Å². The van der Waals surface area contributed by atoms with E-state index in [0.717, 1.165) is 49.1 Å². The minimum atomic E-state index is 0.224. The number of hydrogen-bond acceptors (Lipinski definition) is 3. The lowest BCUT2D eigenvalue weighted by Gasteiger charge is -2.33. The van der Waals surface area contributed by atoms with Crippen LogP contribution in [0.1, 0.15) is 43.7 Å². The Morgan fingerprint density at radius 3 is 2.76 bits per heavy atom. The first-order valence-corrected chi connectivity index (χ1v) is 10.7. The highest BCUT2D eigenvalue weighted by Gasteiger charge is 2.24. The molecule has 3 heterocycles. The van der Waals surface area contributed by atoms with Gasteiger partial charge in [-0.25, -0.2) is 4.99 Å². The molecule has 6 heteroatoms. The number of likely N-dealkylation sites (tertiary alicyclic amines) is 1. The molecule has 29 heavy (non-hydrogen) atoms. The number of aliphatic imine (C=N–C) groups is 1. The van der Waals surface area contributed by atoms with Gasteiger partial charge in [0.15, 0.2) is 5.96 Å². The monoisotopic (exact) mass is 393 g/mol. The van der Waals surface area contributed by atoms with Crippen LogP contribution in [0.15, 0.2) is 58.1 Å². The highest BCUT2D eigenvalue weighted by atomic mass is 16.3. The van der Waals surface area contributed by atoms with E-state index >= 15 is 0 Å². The van der Waals surface area contributed by atoms with Gasteiger partial charge in [-0.05, 0) is 62.5 Å². The molecule has 1 fully saturated rings. The van der Waals surface area contributed by atoms with Crippen molar-refractivity contribution in [2.24, 2.45) is 4.99 Å². The molecule has 3 N–H and O–H groups in total. The number of nitrogens with one attached hydrogen (secondary N) is 3. The van der Waals surface area contributed by atoms with Crippen molar-refractivity contribution in [1.82, 2.24) is 20.5 Å². The van der Waals surface area contributed by atoms with Crippen LogP contribution in [0.25, 0.3) is 10.9 Å². The lowest BCUT2D eigenvalue weighted by Crippen LogP contribution is -2.44. The largest absolute Gasteiger partial charge is 0.468 e. The summed E-state index contributed by atoms with van der Waals surface area (Å²) in [5, 5.41) is 8.12. The summed E-state index contributed by atoms with van der Waals surface area (Å²) in [7, 11) is 0. The zero-order chi connectivity index (χ0) is 19.9. The number of benzene rings is 1. The highest BCUT2D eigenvalue weighted by molar-refractivity contribution is 5.81. The molecule has 4 rings (SSSR count). The second-order valence-corrected chi connectivity index (χ2v) is 7.59. The van der Waals surface area contributed by atoms with Crippen molar-refractivity contribution in [1.29, 1.82) is 0 Å². The van der Waals surface area contributed by atoms with E-state index in [4.69, 9.17) is 9.41 Å². The average Bonchev–Trinajstić information content (AvgIpc) is 3.42. The van der Waals surface area contributed by atoms with Crippen LogP contribution in [0.4, 0.5) is 0 Å². The molecule has 154 valence electrons.